The van der Waals surface area contributed by atoms with Crippen molar-refractivity contribution in [1.82, 2.24) is 15.1 Å². The van der Waals surface area contributed by atoms with Crippen molar-refractivity contribution in [2.24, 2.45) is 10.4 Å². The van der Waals surface area contributed by atoms with Crippen LogP contribution in [0.5, 0.6) is 0 Å². The van der Waals surface area contributed by atoms with Gasteiger partial charge in [0.2, 0.25) is 0 Å². The summed E-state index contributed by atoms with van der Waals surface area (Å²) in [6, 6.07) is 0.614. The van der Waals surface area contributed by atoms with Crippen LogP contribution in [0.15, 0.2) is 4.99 Å². The lowest BCUT2D eigenvalue weighted by Crippen LogP contribution is -2.47. The quantitative estimate of drug-likeness (QED) is 0.590. The van der Waals surface area contributed by atoms with E-state index in [0.29, 0.717) is 6.04 Å². The minimum absolute atomic E-state index is 0.0672. The van der Waals surface area contributed by atoms with Gasteiger partial charge in [-0.1, -0.05) is 19.8 Å². The third kappa shape index (κ3) is 4.66. The van der Waals surface area contributed by atoms with Crippen LogP contribution in [-0.2, 0) is 4.74 Å². The van der Waals surface area contributed by atoms with Crippen LogP contribution in [0, 0.1) is 5.41 Å². The summed E-state index contributed by atoms with van der Waals surface area (Å²) < 4.78 is 5.48. The van der Waals surface area contributed by atoms with Crippen LogP contribution >= 0.6 is 0 Å². The Morgan fingerprint density at radius 1 is 1.24 bits per heavy atom. The van der Waals surface area contributed by atoms with E-state index in [0.717, 1.165) is 77.7 Å². The van der Waals surface area contributed by atoms with Crippen molar-refractivity contribution in [1.29, 1.82) is 0 Å². The number of aliphatic hydroxyl groups excluding tert-OH is 1. The molecule has 3 fully saturated rings. The smallest absolute Gasteiger partial charge is 0.193 e. The van der Waals surface area contributed by atoms with Crippen molar-refractivity contribution in [2.75, 3.05) is 52.5 Å². The number of aliphatic hydroxyl groups is 1. The molecule has 2 saturated heterocycles. The average Bonchev–Trinajstić information content (AvgIpc) is 3.12. The summed E-state index contributed by atoms with van der Waals surface area (Å²) in [6.45, 7) is 11.9. The highest BCUT2D eigenvalue weighted by Crippen LogP contribution is 2.36. The number of hydrogen-bond acceptors (Lipinski definition) is 4. The van der Waals surface area contributed by atoms with E-state index in [1.807, 2.05) is 0 Å². The van der Waals surface area contributed by atoms with Crippen LogP contribution in [0.25, 0.3) is 0 Å². The number of guanidine groups is 1. The molecule has 3 unspecified atom stereocenters. The molecule has 0 bridgehead atoms. The minimum atomic E-state index is -0.215. The molecule has 0 spiro atoms. The van der Waals surface area contributed by atoms with Crippen molar-refractivity contribution in [3.63, 3.8) is 0 Å². The normalized spacial score (nSPS) is 35.2. The van der Waals surface area contributed by atoms with Crippen LogP contribution in [0.4, 0.5) is 0 Å². The second-order valence-electron chi connectivity index (χ2n) is 8.12. The standard InChI is InChI=1S/C19H36N4O2/c1-3-20-18(21-15-19(2)8-5-4-6-17(19)24)23-9-7-16(14-23)22-10-12-25-13-11-22/h16-17,24H,3-15H2,1-2H3,(H,20,21). The van der Waals surface area contributed by atoms with Crippen LogP contribution in [0.1, 0.15) is 46.0 Å². The van der Waals surface area contributed by atoms with Gasteiger partial charge in [-0.3, -0.25) is 9.89 Å². The highest BCUT2D eigenvalue weighted by atomic mass is 16.5. The summed E-state index contributed by atoms with van der Waals surface area (Å²) in [6.07, 6.45) is 5.34. The lowest BCUT2D eigenvalue weighted by atomic mass is 9.73. The van der Waals surface area contributed by atoms with Crippen molar-refractivity contribution in [2.45, 2.75) is 58.1 Å². The van der Waals surface area contributed by atoms with Gasteiger partial charge in [-0.25, -0.2) is 0 Å². The lowest BCUT2D eigenvalue weighted by molar-refractivity contribution is 0.00701. The molecule has 0 aromatic rings. The van der Waals surface area contributed by atoms with E-state index < -0.39 is 0 Å². The van der Waals surface area contributed by atoms with Gasteiger partial charge in [-0.15, -0.1) is 0 Å². The van der Waals surface area contributed by atoms with Gasteiger partial charge in [0, 0.05) is 44.2 Å². The van der Waals surface area contributed by atoms with Crippen LogP contribution in [0.2, 0.25) is 0 Å². The molecule has 6 heteroatoms. The first-order chi connectivity index (χ1) is 12.1. The zero-order chi connectivity index (χ0) is 17.7. The van der Waals surface area contributed by atoms with Crippen molar-refractivity contribution in [3.8, 4) is 0 Å². The summed E-state index contributed by atoms with van der Waals surface area (Å²) in [5, 5.41) is 13.9. The van der Waals surface area contributed by atoms with E-state index in [1.165, 1.54) is 12.8 Å². The Bertz CT molecular complexity index is 453. The number of likely N-dealkylation sites (tertiary alicyclic amines) is 1. The number of nitrogens with one attached hydrogen (secondary N) is 1. The first-order valence-corrected chi connectivity index (χ1v) is 10.2. The molecule has 2 N–H and O–H groups in total. The van der Waals surface area contributed by atoms with Gasteiger partial charge in [-0.2, -0.15) is 0 Å². The fourth-order valence-electron chi connectivity index (χ4n) is 4.42. The molecule has 0 aromatic heterocycles. The fourth-order valence-corrected chi connectivity index (χ4v) is 4.42. The Balaban J connectivity index is 1.60. The molecule has 3 rings (SSSR count). The Morgan fingerprint density at radius 3 is 2.76 bits per heavy atom. The highest BCUT2D eigenvalue weighted by molar-refractivity contribution is 5.80. The SMILES string of the molecule is CCNC(=NCC1(C)CCCCC1O)N1CCC(N2CCOCC2)C1. The average molecular weight is 353 g/mol. The Hall–Kier alpha value is -0.850. The Labute approximate surface area is 152 Å². The molecule has 1 saturated carbocycles. The third-order valence-corrected chi connectivity index (χ3v) is 6.23. The number of rotatable bonds is 4. The van der Waals surface area contributed by atoms with E-state index in [2.05, 4.69) is 29.0 Å². The molecule has 144 valence electrons. The summed E-state index contributed by atoms with van der Waals surface area (Å²) in [4.78, 5) is 9.92. The topological polar surface area (TPSA) is 60.3 Å². The number of ether oxygens (including phenoxy) is 1. The monoisotopic (exact) mass is 352 g/mol. The van der Waals surface area contributed by atoms with Gasteiger partial charge in [0.15, 0.2) is 5.96 Å². The zero-order valence-electron chi connectivity index (χ0n) is 16.0. The van der Waals surface area contributed by atoms with Gasteiger partial charge in [-0.05, 0) is 26.2 Å². The second-order valence-corrected chi connectivity index (χ2v) is 8.12. The van der Waals surface area contributed by atoms with E-state index in [1.54, 1.807) is 0 Å². The minimum Gasteiger partial charge on any atom is -0.392 e. The molecule has 0 radical (unpaired) electrons. The maximum Gasteiger partial charge on any atom is 0.193 e. The predicted molar refractivity (Wildman–Crippen MR) is 101 cm³/mol. The molecule has 3 atom stereocenters. The molecule has 0 amide bonds. The third-order valence-electron chi connectivity index (χ3n) is 6.23. The molecule has 2 aliphatic heterocycles. The maximum absolute atomic E-state index is 10.4. The van der Waals surface area contributed by atoms with E-state index in [9.17, 15) is 5.11 Å². The molecular weight excluding hydrogens is 316 g/mol. The predicted octanol–water partition coefficient (Wildman–Crippen LogP) is 1.30. The second kappa shape index (κ2) is 8.69. The van der Waals surface area contributed by atoms with Crippen molar-refractivity contribution >= 4 is 5.96 Å². The van der Waals surface area contributed by atoms with Crippen LogP contribution in [0.3, 0.4) is 0 Å². The van der Waals surface area contributed by atoms with E-state index in [-0.39, 0.29) is 11.5 Å². The molecule has 25 heavy (non-hydrogen) atoms. The first kappa shape index (κ1) is 18.9. The van der Waals surface area contributed by atoms with Gasteiger partial charge < -0.3 is 20.1 Å². The van der Waals surface area contributed by atoms with Crippen LogP contribution < -0.4 is 5.32 Å². The van der Waals surface area contributed by atoms with Gasteiger partial charge in [0.05, 0.1) is 25.9 Å². The summed E-state index contributed by atoms with van der Waals surface area (Å²) in [5.41, 5.74) is -0.0672. The van der Waals surface area contributed by atoms with Gasteiger partial charge in [0.25, 0.3) is 0 Å². The maximum atomic E-state index is 10.4. The zero-order valence-corrected chi connectivity index (χ0v) is 16.0. The van der Waals surface area contributed by atoms with E-state index in [4.69, 9.17) is 9.73 Å². The number of aliphatic imine (C=N–C) groups is 1. The Kier molecular flexibility index (Phi) is 6.58. The van der Waals surface area contributed by atoms with Crippen molar-refractivity contribution < 1.29 is 9.84 Å². The van der Waals surface area contributed by atoms with Gasteiger partial charge >= 0.3 is 0 Å². The van der Waals surface area contributed by atoms with Crippen LogP contribution in [-0.4, -0.2) is 85.5 Å². The summed E-state index contributed by atoms with van der Waals surface area (Å²) in [5.74, 6) is 1.03. The highest BCUT2D eigenvalue weighted by Gasteiger charge is 2.36. The Morgan fingerprint density at radius 2 is 2.04 bits per heavy atom. The first-order valence-electron chi connectivity index (χ1n) is 10.2. The number of nitrogens with zero attached hydrogens (tertiary/aromatic N) is 3. The van der Waals surface area contributed by atoms with Crippen molar-refractivity contribution in [3.05, 3.63) is 0 Å². The molecule has 3 aliphatic rings. The van der Waals surface area contributed by atoms with Gasteiger partial charge in [0.1, 0.15) is 0 Å². The summed E-state index contributed by atoms with van der Waals surface area (Å²) in [7, 11) is 0. The molecular formula is C19H36N4O2. The number of morpholine rings is 1. The largest absolute Gasteiger partial charge is 0.392 e. The molecule has 2 heterocycles. The molecule has 6 nitrogen and oxygen atoms in total. The molecule has 1 aliphatic carbocycles. The molecule has 0 aromatic carbocycles. The lowest BCUT2D eigenvalue weighted by Gasteiger charge is -2.37. The summed E-state index contributed by atoms with van der Waals surface area (Å²) >= 11 is 0. The fraction of sp³-hybridized carbons (Fsp3) is 0.947. The van der Waals surface area contributed by atoms with E-state index >= 15 is 0 Å². The number of hydrogen-bond donors (Lipinski definition) is 2.